The predicted molar refractivity (Wildman–Crippen MR) is 108 cm³/mol. The van der Waals surface area contributed by atoms with Crippen LogP contribution >= 0.6 is 11.8 Å². The van der Waals surface area contributed by atoms with E-state index >= 15 is 0 Å². The molecule has 0 radical (unpaired) electrons. The van der Waals surface area contributed by atoms with Gasteiger partial charge in [-0.2, -0.15) is 0 Å². The number of carboxylic acid groups (broad SMARTS) is 1. The van der Waals surface area contributed by atoms with Gasteiger partial charge in [-0.1, -0.05) is 54.2 Å². The van der Waals surface area contributed by atoms with Gasteiger partial charge in [0.25, 0.3) is 0 Å². The smallest absolute Gasteiger partial charge is 0.357 e. The minimum absolute atomic E-state index is 0.106. The highest BCUT2D eigenvalue weighted by Crippen LogP contribution is 2.26. The molecule has 7 nitrogen and oxygen atoms in total. The van der Waals surface area contributed by atoms with Crippen LogP contribution in [0.3, 0.4) is 0 Å². The van der Waals surface area contributed by atoms with Crippen LogP contribution in [0.1, 0.15) is 33.3 Å². The van der Waals surface area contributed by atoms with Gasteiger partial charge in [-0.25, -0.2) is 9.78 Å². The number of aromatic carboxylic acids is 1. The number of hydrogen-bond donors (Lipinski definition) is 1. The molecular weight excluding hydrogens is 388 g/mol. The second-order valence-electron chi connectivity index (χ2n) is 6.46. The molecule has 29 heavy (non-hydrogen) atoms. The molecule has 0 saturated heterocycles. The number of benzene rings is 2. The summed E-state index contributed by atoms with van der Waals surface area (Å²) in [5, 5.41) is 18.5. The van der Waals surface area contributed by atoms with Crippen molar-refractivity contribution in [3.8, 4) is 5.69 Å². The highest BCUT2D eigenvalue weighted by atomic mass is 32.2. The van der Waals surface area contributed by atoms with Gasteiger partial charge in [-0.05, 0) is 30.2 Å². The molecule has 0 fully saturated rings. The number of carbonyl (C=O) groups is 1. The summed E-state index contributed by atoms with van der Waals surface area (Å²) < 4.78 is 7.26. The summed E-state index contributed by atoms with van der Waals surface area (Å²) >= 11 is 1.40. The van der Waals surface area contributed by atoms with Gasteiger partial charge in [0, 0.05) is 12.1 Å². The fourth-order valence-corrected chi connectivity index (χ4v) is 3.74. The van der Waals surface area contributed by atoms with Crippen molar-refractivity contribution in [1.29, 1.82) is 0 Å². The minimum atomic E-state index is -1.11. The summed E-state index contributed by atoms with van der Waals surface area (Å²) in [7, 11) is 0. The van der Waals surface area contributed by atoms with E-state index in [1.54, 1.807) is 0 Å². The Morgan fingerprint density at radius 3 is 2.69 bits per heavy atom. The molecule has 0 atom stereocenters. The predicted octanol–water partition coefficient (Wildman–Crippen LogP) is 4.15. The zero-order valence-corrected chi connectivity index (χ0v) is 16.5. The molecule has 8 heteroatoms. The Kier molecular flexibility index (Phi) is 5.44. The summed E-state index contributed by atoms with van der Waals surface area (Å²) in [6.45, 7) is 2.04. The summed E-state index contributed by atoms with van der Waals surface area (Å²) in [5.41, 5.74) is 3.15. The van der Waals surface area contributed by atoms with Gasteiger partial charge in [0.15, 0.2) is 10.9 Å². The first kappa shape index (κ1) is 18.9. The zero-order valence-electron chi connectivity index (χ0n) is 15.6. The number of hydrogen-bond acceptors (Lipinski definition) is 6. The average Bonchev–Trinajstić information content (AvgIpc) is 3.34. The van der Waals surface area contributed by atoms with Gasteiger partial charge in [0.1, 0.15) is 12.1 Å². The van der Waals surface area contributed by atoms with E-state index in [0.717, 1.165) is 28.9 Å². The summed E-state index contributed by atoms with van der Waals surface area (Å²) in [6.07, 6.45) is 1.79. The maximum absolute atomic E-state index is 11.0. The third-order valence-corrected chi connectivity index (χ3v) is 5.17. The lowest BCUT2D eigenvalue weighted by Crippen LogP contribution is -2.04. The number of aryl methyl sites for hydroxylation is 1. The molecule has 4 aromatic rings. The molecule has 146 valence electrons. The van der Waals surface area contributed by atoms with Crippen molar-refractivity contribution >= 4 is 17.7 Å². The van der Waals surface area contributed by atoms with Crippen LogP contribution in [-0.4, -0.2) is 30.8 Å². The summed E-state index contributed by atoms with van der Waals surface area (Å²) in [6, 6.07) is 18.2. The Labute approximate surface area is 171 Å². The van der Waals surface area contributed by atoms with Crippen LogP contribution in [-0.2, 0) is 12.2 Å². The topological polar surface area (TPSA) is 94.0 Å². The van der Waals surface area contributed by atoms with Crippen molar-refractivity contribution < 1.29 is 14.3 Å². The molecule has 1 N–H and O–H groups in total. The van der Waals surface area contributed by atoms with Crippen LogP contribution in [0.2, 0.25) is 0 Å². The van der Waals surface area contributed by atoms with Crippen molar-refractivity contribution in [2.45, 2.75) is 24.3 Å². The zero-order chi connectivity index (χ0) is 20.2. The van der Waals surface area contributed by atoms with E-state index in [1.165, 1.54) is 11.8 Å². The first-order chi connectivity index (χ1) is 14.1. The average molecular weight is 406 g/mol. The molecule has 0 spiro atoms. The van der Waals surface area contributed by atoms with Crippen molar-refractivity contribution in [2.75, 3.05) is 0 Å². The molecule has 2 aromatic carbocycles. The molecule has 2 aromatic heterocycles. The van der Waals surface area contributed by atoms with Crippen LogP contribution in [0.15, 0.2) is 70.4 Å². The molecule has 0 saturated carbocycles. The van der Waals surface area contributed by atoms with Gasteiger partial charge in [0.05, 0.1) is 5.75 Å². The largest absolute Gasteiger partial charge is 0.476 e. The SMILES string of the molecule is Cc1cccc(-n2c(Cc3ccccc3)nnc2SCc2nc(C(=O)O)co2)c1. The number of rotatable bonds is 7. The standard InChI is InChI=1S/C21H18N4O3S/c1-14-6-5-9-16(10-14)25-18(11-15-7-3-2-4-8-15)23-24-21(25)29-13-19-22-17(12-28-19)20(26)27/h2-10,12H,11,13H2,1H3,(H,26,27). The van der Waals surface area contributed by atoms with Gasteiger partial charge in [-0.15, -0.1) is 10.2 Å². The molecule has 2 heterocycles. The van der Waals surface area contributed by atoms with Gasteiger partial charge in [0.2, 0.25) is 5.89 Å². The van der Waals surface area contributed by atoms with Crippen LogP contribution in [0.5, 0.6) is 0 Å². The van der Waals surface area contributed by atoms with E-state index in [1.807, 2.05) is 47.9 Å². The Morgan fingerprint density at radius 2 is 1.97 bits per heavy atom. The number of thioether (sulfide) groups is 1. The molecule has 0 bridgehead atoms. The summed E-state index contributed by atoms with van der Waals surface area (Å²) in [4.78, 5) is 15.0. The molecule has 0 unspecified atom stereocenters. The lowest BCUT2D eigenvalue weighted by atomic mass is 10.1. The Morgan fingerprint density at radius 1 is 1.14 bits per heavy atom. The van der Waals surface area contributed by atoms with Crippen molar-refractivity contribution in [2.24, 2.45) is 0 Å². The van der Waals surface area contributed by atoms with Crippen LogP contribution in [0.4, 0.5) is 0 Å². The van der Waals surface area contributed by atoms with E-state index in [-0.39, 0.29) is 5.69 Å². The highest BCUT2D eigenvalue weighted by molar-refractivity contribution is 7.98. The molecule has 0 amide bonds. The summed E-state index contributed by atoms with van der Waals surface area (Å²) in [5.74, 6) is 0.388. The number of carboxylic acids is 1. The van der Waals surface area contributed by atoms with Gasteiger partial charge in [-0.3, -0.25) is 4.57 Å². The maximum atomic E-state index is 11.0. The maximum Gasteiger partial charge on any atom is 0.357 e. The van der Waals surface area contributed by atoms with E-state index < -0.39 is 5.97 Å². The molecule has 4 rings (SSSR count). The quantitative estimate of drug-likeness (QED) is 0.461. The Hall–Kier alpha value is -3.39. The first-order valence-electron chi connectivity index (χ1n) is 8.96. The second-order valence-corrected chi connectivity index (χ2v) is 7.40. The van der Waals surface area contributed by atoms with Crippen LogP contribution in [0, 0.1) is 6.92 Å². The number of aromatic nitrogens is 4. The lowest BCUT2D eigenvalue weighted by molar-refractivity contribution is 0.0690. The second kappa shape index (κ2) is 8.32. The lowest BCUT2D eigenvalue weighted by Gasteiger charge is -2.11. The first-order valence-corrected chi connectivity index (χ1v) is 9.94. The van der Waals surface area contributed by atoms with E-state index in [2.05, 4.69) is 33.4 Å². The van der Waals surface area contributed by atoms with Crippen molar-refractivity contribution in [3.05, 3.63) is 89.4 Å². The van der Waals surface area contributed by atoms with Crippen molar-refractivity contribution in [3.63, 3.8) is 0 Å². The van der Waals surface area contributed by atoms with Gasteiger partial charge >= 0.3 is 5.97 Å². The fraction of sp³-hybridized carbons (Fsp3) is 0.143. The Bertz CT molecular complexity index is 1140. The molecular formula is C21H18N4O3S. The van der Waals surface area contributed by atoms with Crippen LogP contribution in [0.25, 0.3) is 5.69 Å². The van der Waals surface area contributed by atoms with E-state index in [0.29, 0.717) is 23.2 Å². The molecule has 0 aliphatic heterocycles. The normalized spacial score (nSPS) is 10.9. The third kappa shape index (κ3) is 4.38. The Balaban J connectivity index is 1.64. The van der Waals surface area contributed by atoms with Crippen LogP contribution < -0.4 is 0 Å². The van der Waals surface area contributed by atoms with Gasteiger partial charge < -0.3 is 9.52 Å². The fourth-order valence-electron chi connectivity index (χ4n) is 2.91. The number of nitrogens with zero attached hydrogens (tertiary/aromatic N) is 4. The minimum Gasteiger partial charge on any atom is -0.476 e. The molecule has 0 aliphatic carbocycles. The number of oxazole rings is 1. The van der Waals surface area contributed by atoms with Crippen molar-refractivity contribution in [1.82, 2.24) is 19.7 Å². The molecule has 0 aliphatic rings. The third-order valence-electron chi connectivity index (χ3n) is 4.26. The highest BCUT2D eigenvalue weighted by Gasteiger charge is 2.17. The monoisotopic (exact) mass is 406 g/mol. The van der Waals surface area contributed by atoms with E-state index in [9.17, 15) is 4.79 Å². The van der Waals surface area contributed by atoms with E-state index in [4.69, 9.17) is 9.52 Å².